The van der Waals surface area contributed by atoms with E-state index in [4.69, 9.17) is 23.2 Å². The fourth-order valence-corrected chi connectivity index (χ4v) is 2.54. The third-order valence-corrected chi connectivity index (χ3v) is 4.13. The van der Waals surface area contributed by atoms with Crippen molar-refractivity contribution in [1.82, 2.24) is 15.4 Å². The first-order chi connectivity index (χ1) is 13.8. The molecule has 1 amide bonds. The molecule has 0 saturated heterocycles. The zero-order chi connectivity index (χ0) is 21.0. The average Bonchev–Trinajstić information content (AvgIpc) is 2.69. The predicted molar refractivity (Wildman–Crippen MR) is 106 cm³/mol. The summed E-state index contributed by atoms with van der Waals surface area (Å²) in [6.45, 7) is 0. The zero-order valence-electron chi connectivity index (χ0n) is 14.3. The van der Waals surface area contributed by atoms with E-state index in [-0.39, 0.29) is 27.9 Å². The number of carbonyl (C=O) groups is 1. The smallest absolute Gasteiger partial charge is 0.334 e. The molecule has 29 heavy (non-hydrogen) atoms. The van der Waals surface area contributed by atoms with E-state index in [9.17, 15) is 19.3 Å². The molecule has 3 aromatic rings. The summed E-state index contributed by atoms with van der Waals surface area (Å²) in [6, 6.07) is 9.71. The number of hydrogen-bond donors (Lipinski definition) is 3. The van der Waals surface area contributed by atoms with Crippen LogP contribution in [-0.2, 0) is 0 Å². The van der Waals surface area contributed by atoms with Gasteiger partial charge in [0.25, 0.3) is 5.91 Å². The second kappa shape index (κ2) is 8.67. The summed E-state index contributed by atoms with van der Waals surface area (Å²) < 4.78 is 13.3. The van der Waals surface area contributed by atoms with Crippen LogP contribution in [0, 0.1) is 15.9 Å². The van der Waals surface area contributed by atoms with Crippen molar-refractivity contribution < 1.29 is 14.1 Å². The van der Waals surface area contributed by atoms with Crippen molar-refractivity contribution in [2.45, 2.75) is 0 Å². The van der Waals surface area contributed by atoms with Gasteiger partial charge in [0, 0.05) is 16.3 Å². The summed E-state index contributed by atoms with van der Waals surface area (Å²) >= 11 is 11.5. The molecule has 0 radical (unpaired) electrons. The fourth-order valence-electron chi connectivity index (χ4n) is 2.23. The van der Waals surface area contributed by atoms with Crippen molar-refractivity contribution in [1.29, 1.82) is 0 Å². The summed E-state index contributed by atoms with van der Waals surface area (Å²) in [5.74, 6) is -1.64. The third-order valence-electron chi connectivity index (χ3n) is 3.59. The monoisotopic (exact) mass is 436 g/mol. The van der Waals surface area contributed by atoms with Crippen molar-refractivity contribution in [2.75, 3.05) is 10.7 Å². The van der Waals surface area contributed by atoms with Gasteiger partial charge in [-0.25, -0.2) is 14.4 Å². The maximum atomic E-state index is 13.3. The Kier molecular flexibility index (Phi) is 6.05. The first-order valence-electron chi connectivity index (χ1n) is 7.88. The van der Waals surface area contributed by atoms with Gasteiger partial charge in [-0.15, -0.1) is 0 Å². The lowest BCUT2D eigenvalue weighted by Gasteiger charge is -2.11. The molecule has 0 saturated carbocycles. The van der Waals surface area contributed by atoms with Gasteiger partial charge in [-0.3, -0.25) is 25.8 Å². The third kappa shape index (κ3) is 4.86. The Labute approximate surface area is 173 Å². The lowest BCUT2D eigenvalue weighted by atomic mass is 10.2. The standard InChI is InChI=1S/C17H11Cl2FN6O3/c18-10-3-1-9(2-4-10)17(27)25-24-16-14(26(28)29)15(21-8-22-16)23-11-5-6-13(20)12(19)7-11/h1-8H,(H,25,27)(H2,21,22,23,24). The van der Waals surface area contributed by atoms with Gasteiger partial charge in [-0.1, -0.05) is 23.2 Å². The number of nitro groups is 1. The van der Waals surface area contributed by atoms with Gasteiger partial charge in [-0.05, 0) is 42.5 Å². The fraction of sp³-hybridized carbons (Fsp3) is 0. The zero-order valence-corrected chi connectivity index (χ0v) is 15.8. The second-order valence-electron chi connectivity index (χ2n) is 5.52. The SMILES string of the molecule is O=C(NNc1ncnc(Nc2ccc(F)c(Cl)c2)c1[N+](=O)[O-])c1ccc(Cl)cc1. The molecule has 0 aliphatic heterocycles. The van der Waals surface area contributed by atoms with Crippen LogP contribution in [0.4, 0.5) is 27.4 Å². The van der Waals surface area contributed by atoms with E-state index in [2.05, 4.69) is 26.1 Å². The number of amides is 1. The first-order valence-corrected chi connectivity index (χ1v) is 8.64. The number of benzene rings is 2. The van der Waals surface area contributed by atoms with E-state index in [1.165, 1.54) is 36.4 Å². The Balaban J connectivity index is 1.82. The Morgan fingerprint density at radius 1 is 1.07 bits per heavy atom. The Hall–Kier alpha value is -3.50. The van der Waals surface area contributed by atoms with E-state index in [0.29, 0.717) is 5.02 Å². The maximum absolute atomic E-state index is 13.3. The van der Waals surface area contributed by atoms with E-state index < -0.39 is 22.3 Å². The molecule has 2 aromatic carbocycles. The van der Waals surface area contributed by atoms with Crippen LogP contribution >= 0.6 is 23.2 Å². The summed E-state index contributed by atoms with van der Waals surface area (Å²) in [7, 11) is 0. The molecule has 3 rings (SSSR count). The lowest BCUT2D eigenvalue weighted by Crippen LogP contribution is -2.30. The molecule has 3 N–H and O–H groups in total. The normalized spacial score (nSPS) is 10.3. The topological polar surface area (TPSA) is 122 Å². The number of carbonyl (C=O) groups excluding carboxylic acids is 1. The highest BCUT2D eigenvalue weighted by Gasteiger charge is 2.24. The summed E-state index contributed by atoms with van der Waals surface area (Å²) in [6.07, 6.45) is 1.05. The largest absolute Gasteiger partial charge is 0.355 e. The second-order valence-corrected chi connectivity index (χ2v) is 6.36. The molecule has 0 aliphatic rings. The van der Waals surface area contributed by atoms with Crippen LogP contribution in [-0.4, -0.2) is 20.8 Å². The Morgan fingerprint density at radius 2 is 1.76 bits per heavy atom. The molecule has 0 unspecified atom stereocenters. The molecule has 0 atom stereocenters. The van der Waals surface area contributed by atoms with Gasteiger partial charge in [-0.2, -0.15) is 0 Å². The molecule has 12 heteroatoms. The summed E-state index contributed by atoms with van der Waals surface area (Å²) in [4.78, 5) is 30.6. The van der Waals surface area contributed by atoms with E-state index in [1.807, 2.05) is 0 Å². The molecule has 0 spiro atoms. The van der Waals surface area contributed by atoms with E-state index in [0.717, 1.165) is 12.4 Å². The van der Waals surface area contributed by atoms with Crippen LogP contribution in [0.25, 0.3) is 0 Å². The number of anilines is 3. The van der Waals surface area contributed by atoms with Crippen LogP contribution < -0.4 is 16.2 Å². The molecule has 148 valence electrons. The molecule has 1 heterocycles. The number of nitrogens with zero attached hydrogens (tertiary/aromatic N) is 3. The van der Waals surface area contributed by atoms with Gasteiger partial charge in [0.15, 0.2) is 0 Å². The van der Waals surface area contributed by atoms with Crippen molar-refractivity contribution in [2.24, 2.45) is 0 Å². The summed E-state index contributed by atoms with van der Waals surface area (Å²) in [5, 5.41) is 14.5. The van der Waals surface area contributed by atoms with E-state index in [1.54, 1.807) is 0 Å². The van der Waals surface area contributed by atoms with Crippen LogP contribution in [0.3, 0.4) is 0 Å². The number of aromatic nitrogens is 2. The molecule has 0 fully saturated rings. The van der Waals surface area contributed by atoms with Crippen molar-refractivity contribution >= 4 is 52.1 Å². The number of rotatable bonds is 6. The Morgan fingerprint density at radius 3 is 2.41 bits per heavy atom. The average molecular weight is 437 g/mol. The van der Waals surface area contributed by atoms with Crippen LogP contribution in [0.15, 0.2) is 48.8 Å². The minimum atomic E-state index is -0.732. The molecular weight excluding hydrogens is 426 g/mol. The Bertz CT molecular complexity index is 1080. The van der Waals surface area contributed by atoms with Crippen LogP contribution in [0.2, 0.25) is 10.0 Å². The summed E-state index contributed by atoms with van der Waals surface area (Å²) in [5.41, 5.74) is 4.73. The number of nitrogens with one attached hydrogen (secondary N) is 3. The number of halogens is 3. The highest BCUT2D eigenvalue weighted by molar-refractivity contribution is 6.31. The van der Waals surface area contributed by atoms with Gasteiger partial charge in [0.05, 0.1) is 9.95 Å². The molecule has 0 aliphatic carbocycles. The molecule has 1 aromatic heterocycles. The highest BCUT2D eigenvalue weighted by atomic mass is 35.5. The van der Waals surface area contributed by atoms with E-state index >= 15 is 0 Å². The first kappa shape index (κ1) is 20.2. The maximum Gasteiger partial charge on any atom is 0.355 e. The molecule has 9 nitrogen and oxygen atoms in total. The van der Waals surface area contributed by atoms with Crippen LogP contribution in [0.5, 0.6) is 0 Å². The number of hydrazine groups is 1. The molecular formula is C17H11Cl2FN6O3. The number of hydrogen-bond acceptors (Lipinski definition) is 7. The van der Waals surface area contributed by atoms with Gasteiger partial charge < -0.3 is 5.32 Å². The van der Waals surface area contributed by atoms with Crippen molar-refractivity contribution in [3.8, 4) is 0 Å². The van der Waals surface area contributed by atoms with Crippen molar-refractivity contribution in [3.05, 3.63) is 80.3 Å². The van der Waals surface area contributed by atoms with Crippen LogP contribution in [0.1, 0.15) is 10.4 Å². The lowest BCUT2D eigenvalue weighted by molar-refractivity contribution is -0.383. The minimum absolute atomic E-state index is 0.166. The van der Waals surface area contributed by atoms with Gasteiger partial charge in [0.2, 0.25) is 11.6 Å². The van der Waals surface area contributed by atoms with Gasteiger partial charge >= 0.3 is 5.69 Å². The predicted octanol–water partition coefficient (Wildman–Crippen LogP) is 4.33. The van der Waals surface area contributed by atoms with Gasteiger partial charge in [0.1, 0.15) is 12.1 Å². The minimum Gasteiger partial charge on any atom is -0.334 e. The highest BCUT2D eigenvalue weighted by Crippen LogP contribution is 2.31. The quantitative estimate of drug-likeness (QED) is 0.388. The van der Waals surface area contributed by atoms with Crippen molar-refractivity contribution in [3.63, 3.8) is 0 Å². The molecule has 0 bridgehead atoms.